The Hall–Kier alpha value is -2.87. The van der Waals surface area contributed by atoms with Crippen LogP contribution < -0.4 is 10.1 Å². The third-order valence-electron chi connectivity index (χ3n) is 5.64. The number of methoxy groups -OCH3 is 1. The van der Waals surface area contributed by atoms with Crippen molar-refractivity contribution in [2.75, 3.05) is 7.11 Å². The summed E-state index contributed by atoms with van der Waals surface area (Å²) in [6, 6.07) is 5.85. The minimum Gasteiger partial charge on any atom is -0.497 e. The average molecular weight is 383 g/mol. The monoisotopic (exact) mass is 383 g/mol. The lowest BCUT2D eigenvalue weighted by molar-refractivity contribution is 0.0901. The maximum Gasteiger partial charge on any atom is 0.268 e. The normalized spacial score (nSPS) is 18.9. The lowest BCUT2D eigenvalue weighted by Gasteiger charge is -2.35. The maximum absolute atomic E-state index is 12.8. The minimum atomic E-state index is -0.113. The summed E-state index contributed by atoms with van der Waals surface area (Å²) < 4.78 is 7.23. The third-order valence-corrected chi connectivity index (χ3v) is 5.64. The number of aromatic nitrogens is 4. The molecule has 0 spiro atoms. The molecule has 4 rings (SSSR count). The van der Waals surface area contributed by atoms with Crippen LogP contribution in [-0.2, 0) is 13.2 Å². The van der Waals surface area contributed by atoms with E-state index in [2.05, 4.69) is 20.5 Å². The number of hydrogen-bond donors (Lipinski definition) is 3. The Bertz CT molecular complexity index is 1020. The number of amides is 1. The number of H-pyrrole nitrogens is 1. The summed E-state index contributed by atoms with van der Waals surface area (Å²) in [6.07, 6.45) is 1.64. The first kappa shape index (κ1) is 18.5. The molecule has 0 radical (unpaired) electrons. The first-order valence-corrected chi connectivity index (χ1v) is 9.55. The molecule has 1 aliphatic rings. The van der Waals surface area contributed by atoms with Crippen molar-refractivity contribution in [3.8, 4) is 5.75 Å². The highest BCUT2D eigenvalue weighted by molar-refractivity contribution is 6.01. The van der Waals surface area contributed by atoms with E-state index in [0.29, 0.717) is 11.5 Å². The van der Waals surface area contributed by atoms with Gasteiger partial charge in [-0.3, -0.25) is 4.79 Å². The van der Waals surface area contributed by atoms with Crippen molar-refractivity contribution in [3.63, 3.8) is 0 Å². The molecule has 1 saturated carbocycles. The van der Waals surface area contributed by atoms with Crippen LogP contribution >= 0.6 is 0 Å². The van der Waals surface area contributed by atoms with Crippen LogP contribution in [0.1, 0.15) is 53.4 Å². The summed E-state index contributed by atoms with van der Waals surface area (Å²) in [5.41, 5.74) is 2.43. The Morgan fingerprint density at radius 1 is 1.39 bits per heavy atom. The zero-order valence-electron chi connectivity index (χ0n) is 16.3. The van der Waals surface area contributed by atoms with Gasteiger partial charge >= 0.3 is 0 Å². The summed E-state index contributed by atoms with van der Waals surface area (Å²) in [5.74, 6) is 2.42. The summed E-state index contributed by atoms with van der Waals surface area (Å²) >= 11 is 0. The van der Waals surface area contributed by atoms with Crippen LogP contribution in [0.5, 0.6) is 5.75 Å². The van der Waals surface area contributed by atoms with E-state index < -0.39 is 0 Å². The molecule has 148 valence electrons. The molecule has 1 aliphatic carbocycles. The van der Waals surface area contributed by atoms with E-state index in [1.54, 1.807) is 7.11 Å². The number of benzene rings is 1. The molecule has 0 unspecified atom stereocenters. The van der Waals surface area contributed by atoms with E-state index in [0.717, 1.165) is 47.4 Å². The molecule has 1 aromatic carbocycles. The number of nitrogens with zero attached hydrogens (tertiary/aromatic N) is 3. The maximum atomic E-state index is 12.8. The number of nitrogens with one attached hydrogen (secondary N) is 2. The van der Waals surface area contributed by atoms with E-state index in [1.165, 1.54) is 0 Å². The lowest BCUT2D eigenvalue weighted by atomic mass is 9.79. The van der Waals surface area contributed by atoms with Crippen molar-refractivity contribution < 1.29 is 14.6 Å². The molecule has 1 amide bonds. The predicted octanol–water partition coefficient (Wildman–Crippen LogP) is 2.26. The van der Waals surface area contributed by atoms with Crippen LogP contribution in [-0.4, -0.2) is 43.9 Å². The molecular weight excluding hydrogens is 358 g/mol. The molecule has 0 bridgehead atoms. The molecule has 0 atom stereocenters. The largest absolute Gasteiger partial charge is 0.497 e. The van der Waals surface area contributed by atoms with Crippen LogP contribution in [0, 0.1) is 6.92 Å². The van der Waals surface area contributed by atoms with Gasteiger partial charge < -0.3 is 24.7 Å². The number of aryl methyl sites for hydroxylation is 1. The Kier molecular flexibility index (Phi) is 4.80. The summed E-state index contributed by atoms with van der Waals surface area (Å²) in [6.45, 7) is 4.57. The second kappa shape index (κ2) is 7.27. The van der Waals surface area contributed by atoms with Gasteiger partial charge in [0, 0.05) is 29.4 Å². The molecule has 2 heterocycles. The fraction of sp³-hybridized carbons (Fsp3) is 0.450. The number of ether oxygens (including phenoxy) is 1. The second-order valence-electron chi connectivity index (χ2n) is 7.25. The molecule has 0 saturated heterocycles. The van der Waals surface area contributed by atoms with Crippen molar-refractivity contribution in [1.29, 1.82) is 0 Å². The number of hydrogen-bond acceptors (Lipinski definition) is 5. The van der Waals surface area contributed by atoms with E-state index in [1.807, 2.05) is 36.6 Å². The van der Waals surface area contributed by atoms with Gasteiger partial charge in [0.15, 0.2) is 5.82 Å². The molecule has 2 aromatic heterocycles. The van der Waals surface area contributed by atoms with E-state index in [4.69, 9.17) is 4.74 Å². The van der Waals surface area contributed by atoms with E-state index >= 15 is 0 Å². The Morgan fingerprint density at radius 3 is 2.86 bits per heavy atom. The summed E-state index contributed by atoms with van der Waals surface area (Å²) in [5, 5.41) is 21.7. The standard InChI is InChI=1S/C20H25N5O3/c1-4-25-17(10-26)23-24-19(25)12-7-13(8-12)21-20(27)18-11(2)15-9-14(28-3)5-6-16(15)22-18/h5-6,9,12-13,22,26H,4,7-8,10H2,1-3H3,(H,21,27). The van der Waals surface area contributed by atoms with Crippen molar-refractivity contribution in [2.45, 2.75) is 51.8 Å². The topological polar surface area (TPSA) is 105 Å². The molecule has 1 fully saturated rings. The predicted molar refractivity (Wildman–Crippen MR) is 104 cm³/mol. The molecule has 3 N–H and O–H groups in total. The van der Waals surface area contributed by atoms with Gasteiger partial charge in [0.1, 0.15) is 23.9 Å². The zero-order valence-corrected chi connectivity index (χ0v) is 16.3. The number of fused-ring (bicyclic) bond motifs is 1. The molecule has 3 aromatic rings. The van der Waals surface area contributed by atoms with Crippen LogP contribution in [0.3, 0.4) is 0 Å². The summed E-state index contributed by atoms with van der Waals surface area (Å²) in [7, 11) is 1.63. The first-order chi connectivity index (χ1) is 13.5. The number of aromatic amines is 1. The van der Waals surface area contributed by atoms with Crippen LogP contribution in [0.25, 0.3) is 10.9 Å². The zero-order chi connectivity index (χ0) is 19.8. The van der Waals surface area contributed by atoms with Gasteiger partial charge in [0.2, 0.25) is 0 Å². The van der Waals surface area contributed by atoms with E-state index in [9.17, 15) is 9.90 Å². The number of carbonyl (C=O) groups excluding carboxylic acids is 1. The average Bonchev–Trinajstić information content (AvgIpc) is 3.24. The van der Waals surface area contributed by atoms with Gasteiger partial charge in [-0.15, -0.1) is 10.2 Å². The smallest absolute Gasteiger partial charge is 0.268 e. The highest BCUT2D eigenvalue weighted by Gasteiger charge is 2.35. The number of aliphatic hydroxyl groups is 1. The summed E-state index contributed by atoms with van der Waals surface area (Å²) in [4.78, 5) is 16.0. The molecule has 8 nitrogen and oxygen atoms in total. The van der Waals surface area contributed by atoms with E-state index in [-0.39, 0.29) is 24.5 Å². The Balaban J connectivity index is 1.44. The van der Waals surface area contributed by atoms with Gasteiger partial charge in [-0.2, -0.15) is 0 Å². The lowest BCUT2D eigenvalue weighted by Crippen LogP contribution is -2.44. The van der Waals surface area contributed by atoms with Crippen molar-refractivity contribution in [1.82, 2.24) is 25.1 Å². The van der Waals surface area contributed by atoms with Gasteiger partial charge in [0.05, 0.1) is 7.11 Å². The number of rotatable bonds is 6. The van der Waals surface area contributed by atoms with Gasteiger partial charge in [-0.05, 0) is 50.5 Å². The van der Waals surface area contributed by atoms with Crippen molar-refractivity contribution >= 4 is 16.8 Å². The molecular formula is C20H25N5O3. The number of carbonyl (C=O) groups is 1. The van der Waals surface area contributed by atoms with Gasteiger partial charge in [-0.25, -0.2) is 0 Å². The van der Waals surface area contributed by atoms with Gasteiger partial charge in [-0.1, -0.05) is 0 Å². The molecule has 0 aliphatic heterocycles. The van der Waals surface area contributed by atoms with Crippen molar-refractivity contribution in [3.05, 3.63) is 41.1 Å². The SMILES string of the molecule is CCn1c(CO)nnc1C1CC(NC(=O)c2[nH]c3ccc(OC)cc3c2C)C1. The van der Waals surface area contributed by atoms with Crippen molar-refractivity contribution in [2.24, 2.45) is 0 Å². The highest BCUT2D eigenvalue weighted by atomic mass is 16.5. The first-order valence-electron chi connectivity index (χ1n) is 9.55. The highest BCUT2D eigenvalue weighted by Crippen LogP contribution is 2.36. The quantitative estimate of drug-likeness (QED) is 0.606. The molecule has 8 heteroatoms. The fourth-order valence-electron chi connectivity index (χ4n) is 3.98. The van der Waals surface area contributed by atoms with Crippen LogP contribution in [0.2, 0.25) is 0 Å². The molecule has 28 heavy (non-hydrogen) atoms. The van der Waals surface area contributed by atoms with Crippen LogP contribution in [0.15, 0.2) is 18.2 Å². The van der Waals surface area contributed by atoms with Gasteiger partial charge in [0.25, 0.3) is 5.91 Å². The van der Waals surface area contributed by atoms with Crippen LogP contribution in [0.4, 0.5) is 0 Å². The third kappa shape index (κ3) is 3.03. The second-order valence-corrected chi connectivity index (χ2v) is 7.25. The minimum absolute atomic E-state index is 0.0934. The number of aliphatic hydroxyl groups excluding tert-OH is 1. The Labute approximate surface area is 162 Å². The Morgan fingerprint density at radius 2 is 2.18 bits per heavy atom. The fourth-order valence-corrected chi connectivity index (χ4v) is 3.98.